The summed E-state index contributed by atoms with van der Waals surface area (Å²) in [5.41, 5.74) is 9.66. The minimum atomic E-state index is -0.971. The summed E-state index contributed by atoms with van der Waals surface area (Å²) >= 11 is 1.47. The number of hydrogen-bond donors (Lipinski definition) is 4. The highest BCUT2D eigenvalue weighted by Crippen LogP contribution is 2.40. The summed E-state index contributed by atoms with van der Waals surface area (Å²) in [6.07, 6.45) is 0.661. The van der Waals surface area contributed by atoms with Gasteiger partial charge in [-0.05, 0) is 36.1 Å². The number of guanidine groups is 1. The van der Waals surface area contributed by atoms with Crippen molar-refractivity contribution in [2.24, 2.45) is 11.1 Å². The van der Waals surface area contributed by atoms with Crippen molar-refractivity contribution in [2.75, 3.05) is 31.1 Å². The number of piperazine rings is 1. The second-order valence-electron chi connectivity index (χ2n) is 9.69. The Morgan fingerprint density at radius 2 is 1.70 bits per heavy atom. The van der Waals surface area contributed by atoms with Crippen molar-refractivity contribution in [3.8, 4) is 11.3 Å². The van der Waals surface area contributed by atoms with Gasteiger partial charge in [0, 0.05) is 42.8 Å². The number of benzene rings is 2. The van der Waals surface area contributed by atoms with Crippen molar-refractivity contribution >= 4 is 34.9 Å². The fourth-order valence-electron chi connectivity index (χ4n) is 5.27. The molecule has 2 aliphatic rings. The van der Waals surface area contributed by atoms with Crippen LogP contribution >= 0.6 is 11.3 Å². The van der Waals surface area contributed by atoms with Gasteiger partial charge < -0.3 is 26.0 Å². The van der Waals surface area contributed by atoms with Gasteiger partial charge in [-0.15, -0.1) is 11.3 Å². The van der Waals surface area contributed by atoms with E-state index in [1.165, 1.54) is 11.3 Å². The van der Waals surface area contributed by atoms with E-state index in [0.717, 1.165) is 59.3 Å². The van der Waals surface area contributed by atoms with Crippen molar-refractivity contribution in [3.05, 3.63) is 70.0 Å². The minimum Gasteiger partial charge on any atom is -0.481 e. The maximum absolute atomic E-state index is 13.2. The fourth-order valence-corrected chi connectivity index (χ4v) is 6.01. The highest BCUT2D eigenvalue weighted by Gasteiger charge is 2.45. The van der Waals surface area contributed by atoms with Crippen LogP contribution in [0.2, 0.25) is 0 Å². The van der Waals surface area contributed by atoms with Crippen LogP contribution in [0.1, 0.15) is 22.6 Å². The third-order valence-electron chi connectivity index (χ3n) is 7.25. The van der Waals surface area contributed by atoms with Gasteiger partial charge in [0.25, 0.3) is 0 Å². The normalized spacial score (nSPS) is 16.3. The zero-order chi connectivity index (χ0) is 26.0. The van der Waals surface area contributed by atoms with E-state index in [9.17, 15) is 14.7 Å². The molecule has 1 aliphatic heterocycles. The number of rotatable bonds is 7. The van der Waals surface area contributed by atoms with E-state index in [2.05, 4.69) is 22.3 Å². The predicted octanol–water partition coefficient (Wildman–Crippen LogP) is 2.70. The van der Waals surface area contributed by atoms with E-state index in [1.54, 1.807) is 0 Å². The van der Waals surface area contributed by atoms with E-state index in [4.69, 9.17) is 16.1 Å². The minimum absolute atomic E-state index is 0.121. The number of nitrogens with zero attached hydrogens (tertiary/aromatic N) is 3. The molecular weight excluding hydrogens is 488 g/mol. The third-order valence-corrected chi connectivity index (χ3v) is 8.10. The number of carbonyl (C=O) groups is 2. The van der Waals surface area contributed by atoms with E-state index < -0.39 is 11.4 Å². The van der Waals surface area contributed by atoms with Crippen LogP contribution in [0.25, 0.3) is 11.3 Å². The van der Waals surface area contributed by atoms with Crippen LogP contribution in [0.4, 0.5) is 5.69 Å². The first-order valence-electron chi connectivity index (χ1n) is 12.3. The second kappa shape index (κ2) is 10.2. The molecule has 192 valence electrons. The lowest BCUT2D eigenvalue weighted by atomic mass is 9.80. The Bertz CT molecular complexity index is 1290. The highest BCUT2D eigenvalue weighted by molar-refractivity contribution is 7.09. The number of carboxylic acids is 1. The zero-order valence-corrected chi connectivity index (χ0v) is 21.3. The van der Waals surface area contributed by atoms with Crippen molar-refractivity contribution in [3.63, 3.8) is 0 Å². The number of aliphatic carboxylic acids is 1. The zero-order valence-electron chi connectivity index (χ0n) is 20.4. The summed E-state index contributed by atoms with van der Waals surface area (Å²) in [6.45, 7) is 3.36. The number of carboxylic acid groups (broad SMARTS) is 1. The number of anilines is 1. The van der Waals surface area contributed by atoms with Crippen LogP contribution in [0.5, 0.6) is 0 Å². The molecule has 37 heavy (non-hydrogen) atoms. The molecule has 0 bridgehead atoms. The monoisotopic (exact) mass is 518 g/mol. The third kappa shape index (κ3) is 5.29. The van der Waals surface area contributed by atoms with E-state index in [1.807, 2.05) is 46.7 Å². The number of thiazole rings is 1. The summed E-state index contributed by atoms with van der Waals surface area (Å²) in [7, 11) is 0. The first kappa shape index (κ1) is 24.8. The highest BCUT2D eigenvalue weighted by atomic mass is 32.1. The van der Waals surface area contributed by atoms with E-state index in [0.29, 0.717) is 12.8 Å². The maximum atomic E-state index is 13.2. The first-order valence-corrected chi connectivity index (χ1v) is 13.2. The summed E-state index contributed by atoms with van der Waals surface area (Å²) in [4.78, 5) is 33.7. The summed E-state index contributed by atoms with van der Waals surface area (Å²) in [6, 6.07) is 16.0. The van der Waals surface area contributed by atoms with Gasteiger partial charge in [-0.3, -0.25) is 15.0 Å². The SMILES string of the molecule is N=C(N)N1CCN(c2ccc(-c3csc(CNC(=O)C4(CC(=O)O)Cc5ccccc5C4)n3)cc2)CC1. The first-order chi connectivity index (χ1) is 17.8. The molecule has 2 aromatic carbocycles. The van der Waals surface area contributed by atoms with Gasteiger partial charge in [-0.1, -0.05) is 36.4 Å². The van der Waals surface area contributed by atoms with Gasteiger partial charge in [0.1, 0.15) is 5.01 Å². The van der Waals surface area contributed by atoms with Gasteiger partial charge in [-0.25, -0.2) is 4.98 Å². The second-order valence-corrected chi connectivity index (χ2v) is 10.6. The van der Waals surface area contributed by atoms with Crippen molar-refractivity contribution in [1.82, 2.24) is 15.2 Å². The Balaban J connectivity index is 1.21. The van der Waals surface area contributed by atoms with Gasteiger partial charge in [-0.2, -0.15) is 0 Å². The lowest BCUT2D eigenvalue weighted by Crippen LogP contribution is -2.50. The summed E-state index contributed by atoms with van der Waals surface area (Å²) in [5, 5.41) is 22.8. The van der Waals surface area contributed by atoms with Gasteiger partial charge in [0.15, 0.2) is 5.96 Å². The average Bonchev–Trinajstić information content (AvgIpc) is 3.52. The van der Waals surface area contributed by atoms with Crippen LogP contribution in [0, 0.1) is 10.8 Å². The van der Waals surface area contributed by atoms with Crippen molar-refractivity contribution < 1.29 is 14.7 Å². The number of amides is 1. The molecule has 0 spiro atoms. The van der Waals surface area contributed by atoms with Crippen LogP contribution in [-0.4, -0.2) is 59.0 Å². The van der Waals surface area contributed by atoms with Gasteiger partial charge in [0.2, 0.25) is 5.91 Å². The van der Waals surface area contributed by atoms with Crippen molar-refractivity contribution in [2.45, 2.75) is 25.8 Å². The summed E-state index contributed by atoms with van der Waals surface area (Å²) in [5.74, 6) is -1.09. The molecule has 9 nitrogen and oxygen atoms in total. The molecule has 1 amide bonds. The molecule has 3 aromatic rings. The standard InChI is InChI=1S/C27H30N6O3S/c28-26(29)33-11-9-32(10-12-33)21-7-5-18(6-8-21)22-17-37-23(31-22)16-30-25(36)27(15-24(34)35)13-19-3-1-2-4-20(19)14-27/h1-8,17H,9-16H2,(H3,28,29)(H,30,36)(H,34,35). The number of hydrogen-bond acceptors (Lipinski definition) is 6. The molecule has 1 aromatic heterocycles. The molecule has 10 heteroatoms. The molecule has 0 unspecified atom stereocenters. The molecule has 0 radical (unpaired) electrons. The number of carbonyl (C=O) groups excluding carboxylic acids is 1. The van der Waals surface area contributed by atoms with Gasteiger partial charge >= 0.3 is 5.97 Å². The smallest absolute Gasteiger partial charge is 0.304 e. The molecule has 5 N–H and O–H groups in total. The van der Waals surface area contributed by atoms with Gasteiger partial charge in [0.05, 0.1) is 24.1 Å². The Labute approximate surface area is 219 Å². The molecular formula is C27H30N6O3S. The van der Waals surface area contributed by atoms with E-state index >= 15 is 0 Å². The number of aromatic nitrogens is 1. The molecule has 1 aliphatic carbocycles. The quantitative estimate of drug-likeness (QED) is 0.279. The molecule has 5 rings (SSSR count). The lowest BCUT2D eigenvalue weighted by molar-refractivity contribution is -0.145. The Hall–Kier alpha value is -3.92. The Morgan fingerprint density at radius 1 is 1.05 bits per heavy atom. The topological polar surface area (TPSA) is 136 Å². The fraction of sp³-hybridized carbons (Fsp3) is 0.333. The average molecular weight is 519 g/mol. The number of nitrogens with one attached hydrogen (secondary N) is 2. The van der Waals surface area contributed by atoms with Crippen LogP contribution in [0.3, 0.4) is 0 Å². The molecule has 0 atom stereocenters. The summed E-state index contributed by atoms with van der Waals surface area (Å²) < 4.78 is 0. The van der Waals surface area contributed by atoms with E-state index in [-0.39, 0.29) is 24.8 Å². The van der Waals surface area contributed by atoms with Crippen molar-refractivity contribution in [1.29, 1.82) is 5.41 Å². The Kier molecular flexibility index (Phi) is 6.84. The molecule has 1 fully saturated rings. The number of nitrogens with two attached hydrogens (primary N) is 1. The predicted molar refractivity (Wildman–Crippen MR) is 144 cm³/mol. The largest absolute Gasteiger partial charge is 0.481 e. The molecule has 0 saturated carbocycles. The van der Waals surface area contributed by atoms with Crippen LogP contribution in [-0.2, 0) is 29.0 Å². The number of fused-ring (bicyclic) bond motifs is 1. The Morgan fingerprint density at radius 3 is 2.30 bits per heavy atom. The molecule has 2 heterocycles. The molecule has 1 saturated heterocycles. The lowest BCUT2D eigenvalue weighted by Gasteiger charge is -2.36. The van der Waals surface area contributed by atoms with Crippen LogP contribution < -0.4 is 16.0 Å². The maximum Gasteiger partial charge on any atom is 0.304 e. The van der Waals surface area contributed by atoms with Crippen LogP contribution in [0.15, 0.2) is 53.9 Å².